The molecule has 19 heavy (non-hydrogen) atoms. The minimum absolute atomic E-state index is 0.146. The van der Waals surface area contributed by atoms with Crippen LogP contribution in [0.5, 0.6) is 0 Å². The highest BCUT2D eigenvalue weighted by Gasteiger charge is 2.67. The lowest BCUT2D eigenvalue weighted by atomic mass is 9.53. The van der Waals surface area contributed by atoms with Gasteiger partial charge in [0.15, 0.2) is 0 Å². The maximum absolute atomic E-state index is 12.7. The van der Waals surface area contributed by atoms with E-state index in [1.807, 2.05) is 0 Å². The summed E-state index contributed by atoms with van der Waals surface area (Å²) in [5.74, 6) is 2.91. The topological polar surface area (TPSA) is 29.1 Å². The third-order valence-corrected chi connectivity index (χ3v) is 8.49. The van der Waals surface area contributed by atoms with Gasteiger partial charge in [-0.15, -0.1) is 0 Å². The van der Waals surface area contributed by atoms with E-state index in [9.17, 15) is 4.79 Å². The van der Waals surface area contributed by atoms with Gasteiger partial charge in [0, 0.05) is 5.54 Å². The normalized spacial score (nSPS) is 53.1. The van der Waals surface area contributed by atoms with Crippen LogP contribution in [0.25, 0.3) is 0 Å². The summed E-state index contributed by atoms with van der Waals surface area (Å²) in [5, 5.41) is 3.48. The zero-order valence-corrected chi connectivity index (χ0v) is 14.5. The number of amides is 1. The zero-order chi connectivity index (χ0) is 13.5. The van der Waals surface area contributed by atoms with E-state index in [0.29, 0.717) is 0 Å². The Morgan fingerprint density at radius 3 is 1.84 bits per heavy atom. The fourth-order valence-electron chi connectivity index (χ4n) is 5.29. The molecule has 0 saturated heterocycles. The van der Waals surface area contributed by atoms with E-state index in [2.05, 4.69) is 44.1 Å². The molecule has 5 fully saturated rings. The first kappa shape index (κ1) is 13.1. The van der Waals surface area contributed by atoms with E-state index in [1.165, 1.54) is 38.5 Å². The van der Waals surface area contributed by atoms with Crippen LogP contribution in [0, 0.1) is 23.2 Å². The number of rotatable bonds is 2. The molecule has 0 heterocycles. The lowest BCUT2D eigenvalue weighted by molar-refractivity contribution is -0.131. The van der Waals surface area contributed by atoms with Crippen LogP contribution in [0.2, 0.25) is 0 Å². The molecule has 106 valence electrons. The predicted molar refractivity (Wildman–Crippen MR) is 82.4 cm³/mol. The molecule has 5 aliphatic rings. The first-order chi connectivity index (χ1) is 8.82. The van der Waals surface area contributed by atoms with Crippen LogP contribution in [-0.4, -0.2) is 14.7 Å². The van der Waals surface area contributed by atoms with Gasteiger partial charge in [-0.3, -0.25) is 4.79 Å². The number of alkyl halides is 2. The fraction of sp³-hybridized carbons (Fsp3) is 0.933. The third kappa shape index (κ3) is 1.88. The molecule has 0 radical (unpaired) electrons. The molecule has 1 atom stereocenters. The van der Waals surface area contributed by atoms with E-state index in [4.69, 9.17) is 0 Å². The Hall–Kier alpha value is 0.430. The highest BCUT2D eigenvalue weighted by molar-refractivity contribution is 9.25. The molecule has 1 N–H and O–H groups in total. The molecule has 5 saturated carbocycles. The molecule has 0 aromatic rings. The lowest BCUT2D eigenvalue weighted by Gasteiger charge is -2.57. The number of halogens is 2. The highest BCUT2D eigenvalue weighted by Crippen LogP contribution is 2.67. The quantitative estimate of drug-likeness (QED) is 0.710. The molecular weight excluding hydrogens is 370 g/mol. The van der Waals surface area contributed by atoms with E-state index in [0.717, 1.165) is 24.2 Å². The molecule has 1 amide bonds. The van der Waals surface area contributed by atoms with Crippen LogP contribution in [0.3, 0.4) is 0 Å². The van der Waals surface area contributed by atoms with E-state index >= 15 is 0 Å². The Morgan fingerprint density at radius 2 is 1.47 bits per heavy atom. The van der Waals surface area contributed by atoms with Crippen molar-refractivity contribution in [1.82, 2.24) is 5.32 Å². The first-order valence-electron chi connectivity index (χ1n) is 7.52. The zero-order valence-electron chi connectivity index (χ0n) is 11.3. The average Bonchev–Trinajstić information content (AvgIpc) is 2.76. The van der Waals surface area contributed by atoms with Crippen molar-refractivity contribution in [2.24, 2.45) is 23.2 Å². The van der Waals surface area contributed by atoms with Gasteiger partial charge in [-0.1, -0.05) is 31.9 Å². The summed E-state index contributed by atoms with van der Waals surface area (Å²) in [6.45, 7) is 2.06. The molecule has 0 aliphatic heterocycles. The smallest absolute Gasteiger partial charge is 0.228 e. The van der Waals surface area contributed by atoms with Crippen molar-refractivity contribution in [3.05, 3.63) is 0 Å². The predicted octanol–water partition coefficient (Wildman–Crippen LogP) is 3.97. The second-order valence-electron chi connectivity index (χ2n) is 7.87. The molecule has 5 rings (SSSR count). The first-order valence-corrected chi connectivity index (χ1v) is 9.11. The van der Waals surface area contributed by atoms with Crippen LogP contribution in [-0.2, 0) is 4.79 Å². The average molecular weight is 391 g/mol. The van der Waals surface area contributed by atoms with Gasteiger partial charge in [0.05, 0.1) is 8.65 Å². The Kier molecular flexibility index (Phi) is 2.62. The van der Waals surface area contributed by atoms with Crippen molar-refractivity contribution in [2.45, 2.75) is 60.6 Å². The second kappa shape index (κ2) is 3.79. The maximum atomic E-state index is 12.7. The SMILES string of the molecule is CC1(C(=O)NC23CC4CC(CC(C4)C2)C3)CC1(Br)Br. The summed E-state index contributed by atoms with van der Waals surface area (Å²) >= 11 is 7.23. The molecule has 2 nitrogen and oxygen atoms in total. The Bertz CT molecular complexity index is 412. The van der Waals surface area contributed by atoms with Crippen molar-refractivity contribution in [1.29, 1.82) is 0 Å². The van der Waals surface area contributed by atoms with Crippen LogP contribution < -0.4 is 5.32 Å². The number of carbonyl (C=O) groups is 1. The summed E-state index contributed by atoms with van der Waals surface area (Å²) in [4.78, 5) is 12.7. The van der Waals surface area contributed by atoms with Crippen molar-refractivity contribution < 1.29 is 4.79 Å². The summed E-state index contributed by atoms with van der Waals surface area (Å²) in [6, 6.07) is 0. The third-order valence-electron chi connectivity index (χ3n) is 6.18. The Labute approximate surface area is 131 Å². The van der Waals surface area contributed by atoms with Crippen LogP contribution in [0.15, 0.2) is 0 Å². The monoisotopic (exact) mass is 389 g/mol. The van der Waals surface area contributed by atoms with Gasteiger partial charge in [-0.05, 0) is 69.6 Å². The van der Waals surface area contributed by atoms with Gasteiger partial charge in [0.25, 0.3) is 0 Å². The molecule has 0 spiro atoms. The summed E-state index contributed by atoms with van der Waals surface area (Å²) < 4.78 is -0.167. The molecular formula is C15H21Br2NO. The number of carbonyl (C=O) groups excluding carboxylic acids is 1. The lowest BCUT2D eigenvalue weighted by Crippen LogP contribution is -2.61. The fourth-order valence-corrected chi connectivity index (χ4v) is 6.77. The summed E-state index contributed by atoms with van der Waals surface area (Å²) in [7, 11) is 0. The largest absolute Gasteiger partial charge is 0.350 e. The number of hydrogen-bond donors (Lipinski definition) is 1. The molecule has 4 bridgehead atoms. The molecule has 5 aliphatic carbocycles. The van der Waals surface area contributed by atoms with Crippen LogP contribution >= 0.6 is 31.9 Å². The van der Waals surface area contributed by atoms with Crippen LogP contribution in [0.4, 0.5) is 0 Å². The summed E-state index contributed by atoms with van der Waals surface area (Å²) in [6.07, 6.45) is 8.86. The van der Waals surface area contributed by atoms with Crippen molar-refractivity contribution >= 4 is 37.8 Å². The number of hydrogen-bond acceptors (Lipinski definition) is 1. The number of nitrogens with one attached hydrogen (secondary N) is 1. The van der Waals surface area contributed by atoms with Gasteiger partial charge in [-0.25, -0.2) is 0 Å². The van der Waals surface area contributed by atoms with Gasteiger partial charge in [0.2, 0.25) is 5.91 Å². The van der Waals surface area contributed by atoms with Gasteiger partial charge in [0.1, 0.15) is 0 Å². The molecule has 0 aromatic heterocycles. The van der Waals surface area contributed by atoms with Crippen molar-refractivity contribution in [3.63, 3.8) is 0 Å². The van der Waals surface area contributed by atoms with Gasteiger partial charge < -0.3 is 5.32 Å². The van der Waals surface area contributed by atoms with Gasteiger partial charge >= 0.3 is 0 Å². The maximum Gasteiger partial charge on any atom is 0.228 e. The minimum atomic E-state index is -0.268. The highest BCUT2D eigenvalue weighted by atomic mass is 79.9. The minimum Gasteiger partial charge on any atom is -0.350 e. The van der Waals surface area contributed by atoms with E-state index in [1.54, 1.807) is 0 Å². The Balaban J connectivity index is 1.53. The second-order valence-corrected chi connectivity index (χ2v) is 11.6. The van der Waals surface area contributed by atoms with Gasteiger partial charge in [-0.2, -0.15) is 0 Å². The Morgan fingerprint density at radius 1 is 1.05 bits per heavy atom. The standard InChI is InChI=1S/C15H21Br2NO/c1-13(8-15(13,16)17)12(19)18-14-5-9-2-10(6-14)4-11(3-9)7-14/h9-11H,2-8H2,1H3,(H,18,19). The van der Waals surface area contributed by atoms with Crippen LogP contribution in [0.1, 0.15) is 51.9 Å². The van der Waals surface area contributed by atoms with E-state index in [-0.39, 0.29) is 20.1 Å². The van der Waals surface area contributed by atoms with E-state index < -0.39 is 0 Å². The van der Waals surface area contributed by atoms with Crippen molar-refractivity contribution in [3.8, 4) is 0 Å². The van der Waals surface area contributed by atoms with Crippen molar-refractivity contribution in [2.75, 3.05) is 0 Å². The summed E-state index contributed by atoms with van der Waals surface area (Å²) in [5.41, 5.74) is -0.121. The molecule has 1 unspecified atom stereocenters. The molecule has 4 heteroatoms. The molecule has 0 aromatic carbocycles.